The number of H-pyrrole nitrogens is 1. The summed E-state index contributed by atoms with van der Waals surface area (Å²) in [6.07, 6.45) is 1.34. The van der Waals surface area contributed by atoms with E-state index >= 15 is 0 Å². The Hall–Kier alpha value is -2.77. The molecule has 0 saturated carbocycles. The topological polar surface area (TPSA) is 93.0 Å². The van der Waals surface area contributed by atoms with E-state index in [2.05, 4.69) is 15.3 Å². The van der Waals surface area contributed by atoms with E-state index in [1.54, 1.807) is 24.3 Å². The van der Waals surface area contributed by atoms with Crippen LogP contribution in [-0.2, 0) is 16.0 Å². The number of carbonyl (C=O) groups excluding carboxylic acids is 1. The molecule has 7 heteroatoms. The number of anilines is 1. The number of halogens is 1. The van der Waals surface area contributed by atoms with Crippen LogP contribution in [0.5, 0.6) is 0 Å². The third-order valence-corrected chi connectivity index (χ3v) is 4.78. The van der Waals surface area contributed by atoms with Crippen molar-refractivity contribution in [1.82, 2.24) is 9.97 Å². The molecular weight excluding hydrogens is 347 g/mol. The lowest BCUT2D eigenvalue weighted by molar-refractivity contribution is -0.126. The molecule has 1 amide bonds. The summed E-state index contributed by atoms with van der Waals surface area (Å²) in [5, 5.41) is 2.88. The van der Waals surface area contributed by atoms with Gasteiger partial charge in [-0.3, -0.25) is 4.79 Å². The Morgan fingerprint density at radius 1 is 1.30 bits per heavy atom. The smallest absolute Gasteiger partial charge is 0.253 e. The van der Waals surface area contributed by atoms with Gasteiger partial charge in [-0.05, 0) is 42.7 Å². The van der Waals surface area contributed by atoms with Gasteiger partial charge in [0.05, 0.1) is 17.1 Å². The first-order chi connectivity index (χ1) is 13.1. The van der Waals surface area contributed by atoms with E-state index in [1.165, 1.54) is 6.07 Å². The van der Waals surface area contributed by atoms with Crippen molar-refractivity contribution in [3.05, 3.63) is 59.7 Å². The molecule has 1 saturated heterocycles. The number of nitrogens with zero attached hydrogens (tertiary/aromatic N) is 1. The van der Waals surface area contributed by atoms with E-state index in [0.29, 0.717) is 36.5 Å². The number of hydrogen-bond acceptors (Lipinski definition) is 4. The summed E-state index contributed by atoms with van der Waals surface area (Å²) >= 11 is 0. The number of rotatable bonds is 5. The van der Waals surface area contributed by atoms with Gasteiger partial charge in [0, 0.05) is 18.7 Å². The number of benzene rings is 2. The highest BCUT2D eigenvalue weighted by molar-refractivity contribution is 5.96. The predicted octanol–water partition coefficient (Wildman–Crippen LogP) is 2.74. The molecule has 140 valence electrons. The zero-order chi connectivity index (χ0) is 18.8. The second kappa shape index (κ2) is 7.46. The summed E-state index contributed by atoms with van der Waals surface area (Å²) in [4.78, 5) is 20.0. The third kappa shape index (κ3) is 3.84. The number of aromatic amines is 1. The van der Waals surface area contributed by atoms with Crippen molar-refractivity contribution in [3.8, 4) is 0 Å². The van der Waals surface area contributed by atoms with Crippen LogP contribution in [0.1, 0.15) is 24.2 Å². The van der Waals surface area contributed by atoms with Crippen molar-refractivity contribution in [3.63, 3.8) is 0 Å². The molecule has 0 spiro atoms. The lowest BCUT2D eigenvalue weighted by Gasteiger charge is -2.12. The minimum atomic E-state index is -0.465. The van der Waals surface area contributed by atoms with Gasteiger partial charge in [-0.2, -0.15) is 0 Å². The fraction of sp³-hybridized carbons (Fsp3) is 0.300. The van der Waals surface area contributed by atoms with Crippen molar-refractivity contribution in [2.45, 2.75) is 31.5 Å². The van der Waals surface area contributed by atoms with E-state index in [1.807, 2.05) is 12.1 Å². The Labute approximate surface area is 155 Å². The zero-order valence-electron chi connectivity index (χ0n) is 14.7. The normalized spacial score (nSPS) is 19.5. The molecule has 4 N–H and O–H groups in total. The predicted molar refractivity (Wildman–Crippen MR) is 101 cm³/mol. The maximum absolute atomic E-state index is 13.8. The van der Waals surface area contributed by atoms with Crippen molar-refractivity contribution < 1.29 is 13.9 Å². The van der Waals surface area contributed by atoms with Gasteiger partial charge in [0.2, 0.25) is 0 Å². The van der Waals surface area contributed by atoms with Crippen molar-refractivity contribution in [2.24, 2.45) is 5.73 Å². The molecule has 0 radical (unpaired) electrons. The van der Waals surface area contributed by atoms with Crippen molar-refractivity contribution in [2.75, 3.05) is 11.9 Å². The monoisotopic (exact) mass is 368 g/mol. The summed E-state index contributed by atoms with van der Waals surface area (Å²) in [5.41, 5.74) is 8.38. The molecule has 0 aliphatic carbocycles. The maximum Gasteiger partial charge on any atom is 0.253 e. The maximum atomic E-state index is 13.8. The summed E-state index contributed by atoms with van der Waals surface area (Å²) in [6.45, 7) is 0.425. The Balaban J connectivity index is 1.48. The fourth-order valence-electron chi connectivity index (χ4n) is 3.34. The van der Waals surface area contributed by atoms with Crippen LogP contribution in [0.4, 0.5) is 10.1 Å². The van der Waals surface area contributed by atoms with Gasteiger partial charge in [-0.25, -0.2) is 9.37 Å². The molecule has 6 nitrogen and oxygen atoms in total. The van der Waals surface area contributed by atoms with E-state index in [9.17, 15) is 9.18 Å². The second-order valence-corrected chi connectivity index (χ2v) is 6.73. The zero-order valence-corrected chi connectivity index (χ0v) is 14.7. The first kappa shape index (κ1) is 17.6. The largest absolute Gasteiger partial charge is 0.364 e. The third-order valence-electron chi connectivity index (χ3n) is 4.78. The van der Waals surface area contributed by atoms with Crippen LogP contribution in [0.25, 0.3) is 11.0 Å². The number of amides is 1. The van der Waals surface area contributed by atoms with Crippen LogP contribution in [0.3, 0.4) is 0 Å². The Kier molecular flexibility index (Phi) is 4.87. The molecule has 3 aromatic rings. The standard InChI is InChI=1S/C20H21FN4O2/c21-15-4-2-1-3-12(15)9-19-24-16-7-5-13(10-17(16)25-19)23-20(26)18-8-6-14(11-22)27-18/h1-5,7,10,14,18H,6,8-9,11,22H2,(H,23,26)(H,24,25)/t14-,18+/m1/s1. The van der Waals surface area contributed by atoms with Crippen molar-refractivity contribution in [1.29, 1.82) is 0 Å². The Morgan fingerprint density at radius 3 is 2.93 bits per heavy atom. The highest BCUT2D eigenvalue weighted by Gasteiger charge is 2.29. The van der Waals surface area contributed by atoms with Crippen LogP contribution in [0.2, 0.25) is 0 Å². The molecule has 2 heterocycles. The molecule has 1 aromatic heterocycles. The van der Waals surface area contributed by atoms with Crippen LogP contribution >= 0.6 is 0 Å². The first-order valence-electron chi connectivity index (χ1n) is 9.01. The number of hydrogen-bond donors (Lipinski definition) is 3. The highest BCUT2D eigenvalue weighted by atomic mass is 19.1. The van der Waals surface area contributed by atoms with E-state index in [0.717, 1.165) is 17.5 Å². The van der Waals surface area contributed by atoms with Gasteiger partial charge in [0.25, 0.3) is 5.91 Å². The summed E-state index contributed by atoms with van der Waals surface area (Å²) in [6, 6.07) is 12.1. The minimum Gasteiger partial charge on any atom is -0.364 e. The van der Waals surface area contributed by atoms with E-state index < -0.39 is 6.10 Å². The molecule has 2 atom stereocenters. The molecule has 2 aromatic carbocycles. The quantitative estimate of drug-likeness (QED) is 0.646. The lowest BCUT2D eigenvalue weighted by Crippen LogP contribution is -2.29. The Bertz CT molecular complexity index is 972. The molecule has 0 unspecified atom stereocenters. The number of nitrogens with two attached hydrogens (primary N) is 1. The number of ether oxygens (including phenoxy) is 1. The average molecular weight is 368 g/mol. The molecule has 1 fully saturated rings. The average Bonchev–Trinajstić information content (AvgIpc) is 3.29. The van der Waals surface area contributed by atoms with E-state index in [-0.39, 0.29) is 17.8 Å². The van der Waals surface area contributed by atoms with Crippen LogP contribution in [0, 0.1) is 5.82 Å². The molecule has 4 rings (SSSR count). The van der Waals surface area contributed by atoms with Crippen LogP contribution in [0.15, 0.2) is 42.5 Å². The Morgan fingerprint density at radius 2 is 2.15 bits per heavy atom. The molecular formula is C20H21FN4O2. The number of aromatic nitrogens is 2. The fourth-order valence-corrected chi connectivity index (χ4v) is 3.34. The molecule has 1 aliphatic rings. The van der Waals surface area contributed by atoms with Crippen molar-refractivity contribution >= 4 is 22.6 Å². The SMILES string of the molecule is NC[C@H]1CC[C@@H](C(=O)Nc2ccc3nc(Cc4ccccc4F)[nH]c3c2)O1. The van der Waals surface area contributed by atoms with E-state index in [4.69, 9.17) is 10.5 Å². The van der Waals surface area contributed by atoms with Crippen LogP contribution < -0.4 is 11.1 Å². The first-order valence-corrected chi connectivity index (χ1v) is 9.01. The molecule has 0 bridgehead atoms. The summed E-state index contributed by atoms with van der Waals surface area (Å²) < 4.78 is 19.5. The minimum absolute atomic E-state index is 0.0447. The number of imidazole rings is 1. The van der Waals surface area contributed by atoms with Gasteiger partial charge < -0.3 is 20.8 Å². The van der Waals surface area contributed by atoms with Crippen LogP contribution in [-0.4, -0.2) is 34.6 Å². The van der Waals surface area contributed by atoms with Gasteiger partial charge in [-0.15, -0.1) is 0 Å². The van der Waals surface area contributed by atoms with Gasteiger partial charge in [0.15, 0.2) is 0 Å². The lowest BCUT2D eigenvalue weighted by atomic mass is 10.1. The molecule has 27 heavy (non-hydrogen) atoms. The highest BCUT2D eigenvalue weighted by Crippen LogP contribution is 2.23. The number of nitrogens with one attached hydrogen (secondary N) is 2. The second-order valence-electron chi connectivity index (χ2n) is 6.73. The molecule has 1 aliphatic heterocycles. The van der Waals surface area contributed by atoms with Gasteiger partial charge in [-0.1, -0.05) is 18.2 Å². The van der Waals surface area contributed by atoms with Gasteiger partial charge in [0.1, 0.15) is 17.7 Å². The van der Waals surface area contributed by atoms with Gasteiger partial charge >= 0.3 is 0 Å². The number of fused-ring (bicyclic) bond motifs is 1. The number of carbonyl (C=O) groups is 1. The summed E-state index contributed by atoms with van der Waals surface area (Å²) in [5.74, 6) is 0.248. The summed E-state index contributed by atoms with van der Waals surface area (Å²) in [7, 11) is 0.